The molecule has 0 aromatic carbocycles. The van der Waals surface area contributed by atoms with Crippen molar-refractivity contribution in [1.82, 2.24) is 4.90 Å². The van der Waals surface area contributed by atoms with Gasteiger partial charge in [0.05, 0.1) is 13.2 Å². The molecule has 6 nitrogen and oxygen atoms in total. The SMILES string of the molecule is CCOC(=O)C(OCC1CCN(C(C)C)CC1)C(=O)O. The number of rotatable bonds is 7. The van der Waals surface area contributed by atoms with E-state index in [-0.39, 0.29) is 6.61 Å². The molecule has 20 heavy (non-hydrogen) atoms. The first-order valence-electron chi connectivity index (χ1n) is 7.20. The molecule has 1 saturated heterocycles. The first-order valence-corrected chi connectivity index (χ1v) is 7.20. The molecule has 1 fully saturated rings. The predicted octanol–water partition coefficient (Wildman–Crippen LogP) is 1.14. The van der Waals surface area contributed by atoms with Crippen molar-refractivity contribution in [2.24, 2.45) is 5.92 Å². The van der Waals surface area contributed by atoms with E-state index in [2.05, 4.69) is 18.7 Å². The average Bonchev–Trinajstić information content (AvgIpc) is 2.39. The zero-order valence-corrected chi connectivity index (χ0v) is 12.5. The summed E-state index contributed by atoms with van der Waals surface area (Å²) < 4.78 is 9.96. The molecule has 6 heteroatoms. The van der Waals surface area contributed by atoms with Gasteiger partial charge in [-0.25, -0.2) is 9.59 Å². The molecule has 0 amide bonds. The van der Waals surface area contributed by atoms with Gasteiger partial charge in [-0.3, -0.25) is 0 Å². The highest BCUT2D eigenvalue weighted by atomic mass is 16.6. The molecule has 116 valence electrons. The van der Waals surface area contributed by atoms with Gasteiger partial charge in [0.2, 0.25) is 0 Å². The highest BCUT2D eigenvalue weighted by molar-refractivity contribution is 5.97. The summed E-state index contributed by atoms with van der Waals surface area (Å²) in [5.74, 6) is -1.80. The van der Waals surface area contributed by atoms with Crippen molar-refractivity contribution in [1.29, 1.82) is 0 Å². The lowest BCUT2D eigenvalue weighted by molar-refractivity contribution is -0.170. The lowest BCUT2D eigenvalue weighted by Crippen LogP contribution is -2.41. The van der Waals surface area contributed by atoms with Crippen LogP contribution in [0.5, 0.6) is 0 Å². The first-order chi connectivity index (χ1) is 9.45. The van der Waals surface area contributed by atoms with E-state index in [9.17, 15) is 9.59 Å². The third-order valence-corrected chi connectivity index (χ3v) is 3.60. The number of carboxylic acids is 1. The summed E-state index contributed by atoms with van der Waals surface area (Å²) in [6, 6.07) is 0.531. The van der Waals surface area contributed by atoms with Crippen LogP contribution in [-0.2, 0) is 19.1 Å². The lowest BCUT2D eigenvalue weighted by atomic mass is 9.97. The van der Waals surface area contributed by atoms with E-state index < -0.39 is 18.0 Å². The average molecular weight is 287 g/mol. The number of piperidine rings is 1. The number of ether oxygens (including phenoxy) is 2. The zero-order valence-electron chi connectivity index (χ0n) is 12.5. The minimum absolute atomic E-state index is 0.152. The van der Waals surface area contributed by atoms with Crippen molar-refractivity contribution < 1.29 is 24.2 Å². The highest BCUT2D eigenvalue weighted by Crippen LogP contribution is 2.19. The number of esters is 1. The number of hydrogen-bond acceptors (Lipinski definition) is 5. The molecule has 0 aromatic heterocycles. The maximum absolute atomic E-state index is 11.5. The standard InChI is InChI=1S/C14H25NO5/c1-4-19-14(18)12(13(16)17)20-9-11-5-7-15(8-6-11)10(2)3/h10-12H,4-9H2,1-3H3,(H,16,17). The minimum Gasteiger partial charge on any atom is -0.479 e. The van der Waals surface area contributed by atoms with Crippen molar-refractivity contribution in [3.63, 3.8) is 0 Å². The molecule has 0 bridgehead atoms. The number of likely N-dealkylation sites (tertiary alicyclic amines) is 1. The second-order valence-corrected chi connectivity index (χ2v) is 5.38. The minimum atomic E-state index is -1.50. The van der Waals surface area contributed by atoms with Gasteiger partial charge in [-0.2, -0.15) is 0 Å². The Morgan fingerprint density at radius 1 is 1.30 bits per heavy atom. The van der Waals surface area contributed by atoms with Crippen LogP contribution >= 0.6 is 0 Å². The Bertz CT molecular complexity index is 324. The number of carboxylic acid groups (broad SMARTS) is 1. The number of carbonyl (C=O) groups excluding carboxylic acids is 1. The van der Waals surface area contributed by atoms with Crippen molar-refractivity contribution in [2.45, 2.75) is 45.8 Å². The summed E-state index contributed by atoms with van der Waals surface area (Å²) in [7, 11) is 0. The lowest BCUT2D eigenvalue weighted by Gasteiger charge is -2.34. The van der Waals surface area contributed by atoms with Crippen molar-refractivity contribution in [3.8, 4) is 0 Å². The Hall–Kier alpha value is -1.14. The van der Waals surface area contributed by atoms with Crippen LogP contribution in [0.2, 0.25) is 0 Å². The molecule has 1 aliphatic heterocycles. The summed E-state index contributed by atoms with van der Waals surface area (Å²) >= 11 is 0. The second kappa shape index (κ2) is 8.21. The van der Waals surface area contributed by atoms with E-state index in [0.29, 0.717) is 18.6 Å². The van der Waals surface area contributed by atoms with Gasteiger partial charge in [0.25, 0.3) is 6.10 Å². The molecule has 1 N–H and O–H groups in total. The predicted molar refractivity (Wildman–Crippen MR) is 73.4 cm³/mol. The van der Waals surface area contributed by atoms with Crippen LogP contribution in [-0.4, -0.2) is 60.4 Å². The Morgan fingerprint density at radius 2 is 1.90 bits per heavy atom. The van der Waals surface area contributed by atoms with Gasteiger partial charge in [-0.1, -0.05) is 0 Å². The third kappa shape index (κ3) is 5.09. The van der Waals surface area contributed by atoms with Crippen LogP contribution in [0.15, 0.2) is 0 Å². The van der Waals surface area contributed by atoms with E-state index in [4.69, 9.17) is 14.6 Å². The summed E-state index contributed by atoms with van der Waals surface area (Å²) in [6.07, 6.45) is 0.429. The van der Waals surface area contributed by atoms with E-state index >= 15 is 0 Å². The molecule has 0 aliphatic carbocycles. The number of nitrogens with zero attached hydrogens (tertiary/aromatic N) is 1. The molecule has 0 spiro atoms. The van der Waals surface area contributed by atoms with Gasteiger partial charge in [0.15, 0.2) is 0 Å². The quantitative estimate of drug-likeness (QED) is 0.559. The largest absolute Gasteiger partial charge is 0.479 e. The number of carbonyl (C=O) groups is 2. The number of aliphatic carboxylic acids is 1. The zero-order chi connectivity index (χ0) is 15.1. The molecule has 1 unspecified atom stereocenters. The van der Waals surface area contributed by atoms with Gasteiger partial charge in [-0.15, -0.1) is 0 Å². The first kappa shape index (κ1) is 16.9. The molecule has 0 aromatic rings. The molecular formula is C14H25NO5. The van der Waals surface area contributed by atoms with Gasteiger partial charge in [-0.05, 0) is 52.6 Å². The highest BCUT2D eigenvalue weighted by Gasteiger charge is 2.30. The van der Waals surface area contributed by atoms with Gasteiger partial charge in [0.1, 0.15) is 0 Å². The third-order valence-electron chi connectivity index (χ3n) is 3.60. The summed E-state index contributed by atoms with van der Waals surface area (Å²) in [5.41, 5.74) is 0. The molecule has 1 rings (SSSR count). The van der Waals surface area contributed by atoms with Crippen LogP contribution in [0, 0.1) is 5.92 Å². The van der Waals surface area contributed by atoms with E-state index in [1.54, 1.807) is 6.92 Å². The Labute approximate surface area is 120 Å². The van der Waals surface area contributed by atoms with E-state index in [1.165, 1.54) is 0 Å². The maximum Gasteiger partial charge on any atom is 0.347 e. The Morgan fingerprint density at radius 3 is 2.35 bits per heavy atom. The second-order valence-electron chi connectivity index (χ2n) is 5.38. The van der Waals surface area contributed by atoms with Crippen LogP contribution < -0.4 is 0 Å². The Balaban J connectivity index is 2.38. The van der Waals surface area contributed by atoms with Gasteiger partial charge >= 0.3 is 11.9 Å². The molecule has 1 heterocycles. The van der Waals surface area contributed by atoms with Crippen LogP contribution in [0.1, 0.15) is 33.6 Å². The molecule has 0 saturated carbocycles. The van der Waals surface area contributed by atoms with E-state index in [1.807, 2.05) is 0 Å². The normalized spacial score (nSPS) is 19.0. The molecule has 0 radical (unpaired) electrons. The van der Waals surface area contributed by atoms with Crippen molar-refractivity contribution in [2.75, 3.05) is 26.3 Å². The van der Waals surface area contributed by atoms with Crippen molar-refractivity contribution in [3.05, 3.63) is 0 Å². The fourth-order valence-corrected chi connectivity index (χ4v) is 2.33. The maximum atomic E-state index is 11.5. The van der Waals surface area contributed by atoms with Gasteiger partial charge in [0, 0.05) is 6.04 Å². The monoisotopic (exact) mass is 287 g/mol. The fourth-order valence-electron chi connectivity index (χ4n) is 2.33. The smallest absolute Gasteiger partial charge is 0.347 e. The Kier molecular flexibility index (Phi) is 6.95. The van der Waals surface area contributed by atoms with Crippen LogP contribution in [0.4, 0.5) is 0 Å². The molecular weight excluding hydrogens is 262 g/mol. The fraction of sp³-hybridized carbons (Fsp3) is 0.857. The summed E-state index contributed by atoms with van der Waals surface area (Å²) in [4.78, 5) is 24.8. The van der Waals surface area contributed by atoms with Gasteiger partial charge < -0.3 is 19.5 Å². The van der Waals surface area contributed by atoms with Crippen molar-refractivity contribution >= 4 is 11.9 Å². The van der Waals surface area contributed by atoms with Crippen LogP contribution in [0.3, 0.4) is 0 Å². The summed E-state index contributed by atoms with van der Waals surface area (Å²) in [5, 5.41) is 8.98. The molecule has 1 aliphatic rings. The summed E-state index contributed by atoms with van der Waals surface area (Å²) in [6.45, 7) is 8.39. The number of hydrogen-bond donors (Lipinski definition) is 1. The van der Waals surface area contributed by atoms with Crippen LogP contribution in [0.25, 0.3) is 0 Å². The topological polar surface area (TPSA) is 76.1 Å². The van der Waals surface area contributed by atoms with E-state index in [0.717, 1.165) is 25.9 Å². The molecule has 1 atom stereocenters.